The number of aromatic amines is 1. The number of pyridine rings is 1. The third kappa shape index (κ3) is 5.61. The monoisotopic (exact) mass is 570 g/mol. The molecule has 1 aliphatic heterocycles. The number of nitrogens with one attached hydrogen (secondary N) is 2. The molecular weight excluding hydrogens is 541 g/mol. The van der Waals surface area contributed by atoms with Crippen LogP contribution in [0, 0.1) is 5.92 Å². The summed E-state index contributed by atoms with van der Waals surface area (Å²) in [5.74, 6) is 0.0711. The molecule has 1 saturated heterocycles. The maximum absolute atomic E-state index is 13.1. The van der Waals surface area contributed by atoms with E-state index in [9.17, 15) is 27.6 Å². The summed E-state index contributed by atoms with van der Waals surface area (Å²) < 4.78 is 48.1. The molecule has 0 spiro atoms. The average molecular weight is 571 g/mol. The maximum Gasteiger partial charge on any atom is 0.416 e. The fourth-order valence-corrected chi connectivity index (χ4v) is 5.01. The number of rotatable bonds is 9. The van der Waals surface area contributed by atoms with Crippen LogP contribution in [0.25, 0.3) is 22.6 Å². The molecule has 0 bridgehead atoms. The van der Waals surface area contributed by atoms with E-state index in [0.717, 1.165) is 12.1 Å². The third-order valence-electron chi connectivity index (χ3n) is 7.02. The number of amides is 1. The van der Waals surface area contributed by atoms with E-state index in [4.69, 9.17) is 4.74 Å². The van der Waals surface area contributed by atoms with E-state index in [-0.39, 0.29) is 35.3 Å². The fraction of sp³-hybridized carbons (Fsp3) is 0.393. The summed E-state index contributed by atoms with van der Waals surface area (Å²) in [6.07, 6.45) is -2.24. The molecule has 13 heteroatoms. The first kappa shape index (κ1) is 28.1. The van der Waals surface area contributed by atoms with Crippen LogP contribution in [-0.4, -0.2) is 36.5 Å². The molecule has 1 fully saturated rings. The number of aryl methyl sites for hydroxylation is 1. The molecule has 1 aromatic carbocycles. The van der Waals surface area contributed by atoms with Gasteiger partial charge in [-0.25, -0.2) is 14.8 Å². The second-order valence-corrected chi connectivity index (χ2v) is 9.99. The SMILES string of the molecule is CCCn1c(=O)c2[nH]c(-c3ccc(OC(c4ccc(C(F)(F)F)cc4)C4CNC(=O)C4)nc3)nc2n(CCC)c1=O. The van der Waals surface area contributed by atoms with Gasteiger partial charge < -0.3 is 15.0 Å². The van der Waals surface area contributed by atoms with E-state index < -0.39 is 29.1 Å². The molecule has 5 rings (SSSR count). The summed E-state index contributed by atoms with van der Waals surface area (Å²) in [5, 5.41) is 2.74. The number of carbonyl (C=O) groups excluding carboxylic acids is 1. The summed E-state index contributed by atoms with van der Waals surface area (Å²) in [4.78, 5) is 49.8. The van der Waals surface area contributed by atoms with Crippen LogP contribution in [0.5, 0.6) is 5.88 Å². The summed E-state index contributed by atoms with van der Waals surface area (Å²) in [6, 6.07) is 7.93. The second kappa shape index (κ2) is 11.2. The van der Waals surface area contributed by atoms with Crippen molar-refractivity contribution in [3.63, 3.8) is 0 Å². The number of imidazole rings is 1. The van der Waals surface area contributed by atoms with Crippen LogP contribution in [0.1, 0.15) is 50.3 Å². The van der Waals surface area contributed by atoms with Crippen LogP contribution in [0.4, 0.5) is 13.2 Å². The van der Waals surface area contributed by atoms with Gasteiger partial charge in [0.25, 0.3) is 5.56 Å². The number of H-pyrrole nitrogens is 1. The van der Waals surface area contributed by atoms with Crippen molar-refractivity contribution < 1.29 is 22.7 Å². The molecule has 0 aliphatic carbocycles. The van der Waals surface area contributed by atoms with Gasteiger partial charge in [0.2, 0.25) is 11.8 Å². The summed E-state index contributed by atoms with van der Waals surface area (Å²) in [7, 11) is 0. The largest absolute Gasteiger partial charge is 0.469 e. The molecule has 0 radical (unpaired) electrons. The van der Waals surface area contributed by atoms with Crippen LogP contribution in [-0.2, 0) is 24.1 Å². The lowest BCUT2D eigenvalue weighted by Gasteiger charge is -2.24. The van der Waals surface area contributed by atoms with Gasteiger partial charge in [0.05, 0.1) is 5.56 Å². The Morgan fingerprint density at radius 3 is 2.32 bits per heavy atom. The molecule has 216 valence electrons. The minimum absolute atomic E-state index is 0.164. The molecular formula is C28H29F3N6O4. The number of ether oxygens (including phenoxy) is 1. The zero-order valence-corrected chi connectivity index (χ0v) is 22.5. The van der Waals surface area contributed by atoms with Crippen LogP contribution in [0.3, 0.4) is 0 Å². The summed E-state index contributed by atoms with van der Waals surface area (Å²) >= 11 is 0. The lowest BCUT2D eigenvalue weighted by molar-refractivity contribution is -0.137. The molecule has 10 nitrogen and oxygen atoms in total. The molecule has 4 heterocycles. The molecule has 1 aliphatic rings. The van der Waals surface area contributed by atoms with Crippen molar-refractivity contribution in [2.75, 3.05) is 6.54 Å². The van der Waals surface area contributed by atoms with E-state index in [1.54, 1.807) is 12.1 Å². The molecule has 0 saturated carbocycles. The molecule has 2 unspecified atom stereocenters. The van der Waals surface area contributed by atoms with Gasteiger partial charge in [-0.1, -0.05) is 26.0 Å². The number of benzene rings is 1. The maximum atomic E-state index is 13.1. The van der Waals surface area contributed by atoms with Crippen LogP contribution >= 0.6 is 0 Å². The lowest BCUT2D eigenvalue weighted by atomic mass is 9.94. The zero-order valence-electron chi connectivity index (χ0n) is 22.5. The molecule has 1 amide bonds. The van der Waals surface area contributed by atoms with Gasteiger partial charge in [0, 0.05) is 49.8 Å². The van der Waals surface area contributed by atoms with Crippen molar-refractivity contribution in [2.45, 2.75) is 58.5 Å². The Kier molecular flexibility index (Phi) is 7.70. The minimum atomic E-state index is -4.47. The first-order valence-electron chi connectivity index (χ1n) is 13.4. The number of fused-ring (bicyclic) bond motifs is 1. The first-order chi connectivity index (χ1) is 19.6. The minimum Gasteiger partial charge on any atom is -0.469 e. The first-order valence-corrected chi connectivity index (χ1v) is 13.4. The summed E-state index contributed by atoms with van der Waals surface area (Å²) in [5.41, 5.74) is -0.105. The normalized spacial score (nSPS) is 16.2. The highest BCUT2D eigenvalue weighted by Gasteiger charge is 2.34. The molecule has 4 aromatic rings. The highest BCUT2D eigenvalue weighted by Crippen LogP contribution is 2.35. The quantitative estimate of drug-likeness (QED) is 0.313. The van der Waals surface area contributed by atoms with E-state index >= 15 is 0 Å². The van der Waals surface area contributed by atoms with E-state index in [0.29, 0.717) is 49.4 Å². The van der Waals surface area contributed by atoms with Gasteiger partial charge in [-0.05, 0) is 36.6 Å². The van der Waals surface area contributed by atoms with Crippen molar-refractivity contribution in [2.24, 2.45) is 5.92 Å². The van der Waals surface area contributed by atoms with Crippen LogP contribution in [0.2, 0.25) is 0 Å². The van der Waals surface area contributed by atoms with Crippen molar-refractivity contribution in [3.8, 4) is 17.3 Å². The Labute approximate surface area is 232 Å². The van der Waals surface area contributed by atoms with E-state index in [1.807, 2.05) is 13.8 Å². The number of aromatic nitrogens is 5. The number of hydrogen-bond acceptors (Lipinski definition) is 6. The Morgan fingerprint density at radius 2 is 1.73 bits per heavy atom. The number of nitrogens with zero attached hydrogens (tertiary/aromatic N) is 4. The zero-order chi connectivity index (χ0) is 29.3. The average Bonchev–Trinajstić information content (AvgIpc) is 3.59. The van der Waals surface area contributed by atoms with Gasteiger partial charge in [0.1, 0.15) is 17.4 Å². The summed E-state index contributed by atoms with van der Waals surface area (Å²) in [6.45, 7) is 4.83. The Hall–Kier alpha value is -4.42. The Morgan fingerprint density at radius 1 is 1.02 bits per heavy atom. The van der Waals surface area contributed by atoms with Crippen LogP contribution < -0.4 is 21.3 Å². The fourth-order valence-electron chi connectivity index (χ4n) is 5.01. The number of hydrogen-bond donors (Lipinski definition) is 2. The van der Waals surface area contributed by atoms with Crippen LogP contribution in [0.15, 0.2) is 52.2 Å². The van der Waals surface area contributed by atoms with Gasteiger partial charge in [-0.2, -0.15) is 13.2 Å². The molecule has 3 aromatic heterocycles. The van der Waals surface area contributed by atoms with Gasteiger partial charge in [-0.3, -0.25) is 18.7 Å². The topological polar surface area (TPSA) is 124 Å². The number of carbonyl (C=O) groups is 1. The smallest absolute Gasteiger partial charge is 0.416 e. The van der Waals surface area contributed by atoms with Gasteiger partial charge >= 0.3 is 11.9 Å². The highest BCUT2D eigenvalue weighted by atomic mass is 19.4. The van der Waals surface area contributed by atoms with Crippen molar-refractivity contribution in [1.82, 2.24) is 29.4 Å². The Bertz CT molecular complexity index is 1670. The number of halogens is 3. The van der Waals surface area contributed by atoms with Gasteiger partial charge in [-0.15, -0.1) is 0 Å². The predicted octanol–water partition coefficient (Wildman–Crippen LogP) is 4.04. The second-order valence-electron chi connectivity index (χ2n) is 9.99. The third-order valence-corrected chi connectivity index (χ3v) is 7.02. The lowest BCUT2D eigenvalue weighted by Crippen LogP contribution is -2.40. The predicted molar refractivity (Wildman–Crippen MR) is 144 cm³/mol. The Balaban J connectivity index is 1.45. The molecule has 2 atom stereocenters. The van der Waals surface area contributed by atoms with Crippen molar-refractivity contribution >= 4 is 17.1 Å². The van der Waals surface area contributed by atoms with E-state index in [1.165, 1.54) is 27.5 Å². The van der Waals surface area contributed by atoms with E-state index in [2.05, 4.69) is 20.3 Å². The molecule has 41 heavy (non-hydrogen) atoms. The standard InChI is InChI=1S/C28H29F3N6O4/c1-3-11-36-25-22(26(39)37(12-4-2)27(36)40)34-24(35-25)17-7-10-21(33-14-17)41-23(18-13-20(38)32-15-18)16-5-8-19(9-6-16)28(29,30)31/h5-10,14,18,23H,3-4,11-13,15H2,1-2H3,(H,32,38)(H,34,35). The van der Waals surface area contributed by atoms with Crippen molar-refractivity contribution in [3.05, 3.63) is 74.6 Å². The van der Waals surface area contributed by atoms with Gasteiger partial charge in [0.15, 0.2) is 5.65 Å². The number of alkyl halides is 3. The van der Waals surface area contributed by atoms with Crippen molar-refractivity contribution in [1.29, 1.82) is 0 Å². The molecule has 2 N–H and O–H groups in total. The highest BCUT2D eigenvalue weighted by molar-refractivity contribution is 5.78.